The number of thiazole rings is 1. The van der Waals surface area contributed by atoms with E-state index in [9.17, 15) is 9.90 Å². The maximum atomic E-state index is 11.3. The molecule has 2 heterocycles. The van der Waals surface area contributed by atoms with Crippen LogP contribution in [0, 0.1) is 12.8 Å². The number of aromatic nitrogens is 2. The first-order chi connectivity index (χ1) is 7.52. The second-order valence-corrected chi connectivity index (χ2v) is 5.20. The van der Waals surface area contributed by atoms with Crippen molar-refractivity contribution in [2.24, 2.45) is 5.92 Å². The maximum absolute atomic E-state index is 11.3. The molecule has 0 bridgehead atoms. The van der Waals surface area contributed by atoms with E-state index in [1.807, 2.05) is 31.4 Å². The molecule has 1 unspecified atom stereocenters. The van der Waals surface area contributed by atoms with E-state index in [-0.39, 0.29) is 5.92 Å². The van der Waals surface area contributed by atoms with Crippen LogP contribution in [0.3, 0.4) is 0 Å². The summed E-state index contributed by atoms with van der Waals surface area (Å²) < 4.78 is 1.94. The van der Waals surface area contributed by atoms with Crippen LogP contribution in [0.15, 0.2) is 12.4 Å². The SMILES string of the molecule is Cc1c(C(C(=O)O)C(C)C)sc2nccn12. The molecule has 1 N–H and O–H groups in total. The number of carboxylic acid groups (broad SMARTS) is 1. The van der Waals surface area contributed by atoms with Crippen molar-refractivity contribution in [1.29, 1.82) is 0 Å². The molecule has 0 aromatic carbocycles. The molecule has 0 amide bonds. The maximum Gasteiger partial charge on any atom is 0.312 e. The van der Waals surface area contributed by atoms with Gasteiger partial charge in [-0.15, -0.1) is 11.3 Å². The Morgan fingerprint density at radius 2 is 2.25 bits per heavy atom. The highest BCUT2D eigenvalue weighted by Crippen LogP contribution is 2.33. The average molecular weight is 238 g/mol. The van der Waals surface area contributed by atoms with Crippen molar-refractivity contribution in [3.8, 4) is 0 Å². The second kappa shape index (κ2) is 3.90. The van der Waals surface area contributed by atoms with Gasteiger partial charge in [0.1, 0.15) is 0 Å². The largest absolute Gasteiger partial charge is 0.481 e. The molecule has 2 rings (SSSR count). The molecular formula is C11H14N2O2S. The normalized spacial score (nSPS) is 13.5. The van der Waals surface area contributed by atoms with E-state index in [1.165, 1.54) is 11.3 Å². The lowest BCUT2D eigenvalue weighted by molar-refractivity contribution is -0.139. The molecule has 0 saturated carbocycles. The Balaban J connectivity index is 2.56. The zero-order valence-electron chi connectivity index (χ0n) is 9.47. The van der Waals surface area contributed by atoms with Gasteiger partial charge in [-0.2, -0.15) is 0 Å². The van der Waals surface area contributed by atoms with Crippen LogP contribution >= 0.6 is 11.3 Å². The number of imidazole rings is 1. The van der Waals surface area contributed by atoms with Crippen molar-refractivity contribution in [1.82, 2.24) is 9.38 Å². The van der Waals surface area contributed by atoms with Crippen molar-refractivity contribution in [2.75, 3.05) is 0 Å². The van der Waals surface area contributed by atoms with E-state index in [2.05, 4.69) is 4.98 Å². The van der Waals surface area contributed by atoms with Gasteiger partial charge in [0.25, 0.3) is 0 Å². The van der Waals surface area contributed by atoms with Gasteiger partial charge < -0.3 is 5.11 Å². The zero-order chi connectivity index (χ0) is 11.9. The van der Waals surface area contributed by atoms with Crippen LogP contribution in [0.1, 0.15) is 30.3 Å². The van der Waals surface area contributed by atoms with Gasteiger partial charge in [-0.1, -0.05) is 13.8 Å². The fourth-order valence-electron chi connectivity index (χ4n) is 1.90. The first-order valence-electron chi connectivity index (χ1n) is 5.17. The van der Waals surface area contributed by atoms with Crippen LogP contribution in [-0.4, -0.2) is 20.5 Å². The van der Waals surface area contributed by atoms with Crippen molar-refractivity contribution in [3.63, 3.8) is 0 Å². The highest BCUT2D eigenvalue weighted by Gasteiger charge is 2.28. The second-order valence-electron chi connectivity index (χ2n) is 4.19. The molecule has 0 aliphatic heterocycles. The molecular weight excluding hydrogens is 224 g/mol. The summed E-state index contributed by atoms with van der Waals surface area (Å²) in [7, 11) is 0. The van der Waals surface area contributed by atoms with Gasteiger partial charge >= 0.3 is 5.97 Å². The third-order valence-corrected chi connectivity index (χ3v) is 4.00. The third-order valence-electron chi connectivity index (χ3n) is 2.74. The van der Waals surface area contributed by atoms with Gasteiger partial charge in [0, 0.05) is 23.0 Å². The van der Waals surface area contributed by atoms with E-state index in [0.29, 0.717) is 0 Å². The van der Waals surface area contributed by atoms with Gasteiger partial charge in [-0.05, 0) is 12.8 Å². The summed E-state index contributed by atoms with van der Waals surface area (Å²) in [6.45, 7) is 5.81. The Bertz CT molecular complexity index is 527. The molecule has 1 atom stereocenters. The lowest BCUT2D eigenvalue weighted by Crippen LogP contribution is -2.17. The molecule has 0 aliphatic rings. The summed E-state index contributed by atoms with van der Waals surface area (Å²) in [5.41, 5.74) is 0.985. The lowest BCUT2D eigenvalue weighted by Gasteiger charge is -2.15. The monoisotopic (exact) mass is 238 g/mol. The molecule has 2 aromatic heterocycles. The fraction of sp³-hybridized carbons (Fsp3) is 0.455. The Kier molecular flexibility index (Phi) is 2.71. The minimum absolute atomic E-state index is 0.0829. The molecule has 5 heteroatoms. The van der Waals surface area contributed by atoms with Crippen molar-refractivity contribution in [3.05, 3.63) is 23.0 Å². The summed E-state index contributed by atoms with van der Waals surface area (Å²) in [6.07, 6.45) is 3.59. The summed E-state index contributed by atoms with van der Waals surface area (Å²) in [5.74, 6) is -1.12. The van der Waals surface area contributed by atoms with E-state index in [4.69, 9.17) is 0 Å². The number of carboxylic acids is 1. The van der Waals surface area contributed by atoms with Crippen molar-refractivity contribution >= 4 is 22.3 Å². The Morgan fingerprint density at radius 3 is 2.75 bits per heavy atom. The number of rotatable bonds is 3. The molecule has 16 heavy (non-hydrogen) atoms. The van der Waals surface area contributed by atoms with Gasteiger partial charge in [0.05, 0.1) is 5.92 Å². The van der Waals surface area contributed by atoms with Crippen LogP contribution in [0.5, 0.6) is 0 Å². The Labute approximate surface area is 97.6 Å². The number of hydrogen-bond donors (Lipinski definition) is 1. The highest BCUT2D eigenvalue weighted by atomic mass is 32.1. The number of hydrogen-bond acceptors (Lipinski definition) is 3. The van der Waals surface area contributed by atoms with E-state index >= 15 is 0 Å². The third kappa shape index (κ3) is 1.61. The number of aliphatic carboxylic acids is 1. The Morgan fingerprint density at radius 1 is 1.56 bits per heavy atom. The van der Waals surface area contributed by atoms with Crippen LogP contribution in [0.25, 0.3) is 4.96 Å². The number of carbonyl (C=O) groups is 1. The molecule has 2 aromatic rings. The number of aryl methyl sites for hydroxylation is 1. The minimum Gasteiger partial charge on any atom is -0.481 e. The summed E-state index contributed by atoms with van der Waals surface area (Å²) in [6, 6.07) is 0. The minimum atomic E-state index is -0.761. The van der Waals surface area contributed by atoms with E-state index in [1.54, 1.807) is 6.20 Å². The van der Waals surface area contributed by atoms with Crippen LogP contribution in [0.4, 0.5) is 0 Å². The van der Waals surface area contributed by atoms with Crippen molar-refractivity contribution < 1.29 is 9.90 Å². The van der Waals surface area contributed by atoms with Crippen LogP contribution < -0.4 is 0 Å². The van der Waals surface area contributed by atoms with Gasteiger partial charge in [0.2, 0.25) is 0 Å². The smallest absolute Gasteiger partial charge is 0.312 e. The van der Waals surface area contributed by atoms with E-state index < -0.39 is 11.9 Å². The Hall–Kier alpha value is -1.36. The summed E-state index contributed by atoms with van der Waals surface area (Å²) in [4.78, 5) is 17.2. The van der Waals surface area contributed by atoms with Crippen LogP contribution in [-0.2, 0) is 4.79 Å². The number of nitrogens with zero attached hydrogens (tertiary/aromatic N) is 2. The first kappa shape index (κ1) is 11.1. The molecule has 0 radical (unpaired) electrons. The quantitative estimate of drug-likeness (QED) is 0.894. The molecule has 86 valence electrons. The first-order valence-corrected chi connectivity index (χ1v) is 5.99. The molecule has 0 saturated heterocycles. The number of fused-ring (bicyclic) bond motifs is 1. The molecule has 0 fully saturated rings. The molecule has 4 nitrogen and oxygen atoms in total. The average Bonchev–Trinajstić information content (AvgIpc) is 2.71. The van der Waals surface area contributed by atoms with E-state index in [0.717, 1.165) is 15.5 Å². The standard InChI is InChI=1S/C11H14N2O2S/c1-6(2)8(10(14)15)9-7(3)13-5-4-12-11(13)16-9/h4-6,8H,1-3H3,(H,14,15). The molecule has 0 spiro atoms. The van der Waals surface area contributed by atoms with Gasteiger partial charge in [-0.3, -0.25) is 9.20 Å². The predicted molar refractivity (Wildman–Crippen MR) is 63.0 cm³/mol. The van der Waals surface area contributed by atoms with Crippen molar-refractivity contribution in [2.45, 2.75) is 26.7 Å². The molecule has 0 aliphatic carbocycles. The van der Waals surface area contributed by atoms with Gasteiger partial charge in [0.15, 0.2) is 4.96 Å². The van der Waals surface area contributed by atoms with Crippen LogP contribution in [0.2, 0.25) is 0 Å². The highest BCUT2D eigenvalue weighted by molar-refractivity contribution is 7.17. The summed E-state index contributed by atoms with van der Waals surface area (Å²) in [5, 5.41) is 9.26. The lowest BCUT2D eigenvalue weighted by atomic mass is 9.93. The summed E-state index contributed by atoms with van der Waals surface area (Å²) >= 11 is 1.47. The predicted octanol–water partition coefficient (Wildman–Crippen LogP) is 2.53. The topological polar surface area (TPSA) is 54.6 Å². The van der Waals surface area contributed by atoms with Gasteiger partial charge in [-0.25, -0.2) is 4.98 Å². The zero-order valence-corrected chi connectivity index (χ0v) is 10.3. The fourth-order valence-corrected chi connectivity index (χ4v) is 3.25.